The van der Waals surface area contributed by atoms with Gasteiger partial charge in [0, 0.05) is 6.04 Å². The average Bonchev–Trinajstić information content (AvgIpc) is 3.11. The zero-order valence-corrected chi connectivity index (χ0v) is 8.92. The fourth-order valence-electron chi connectivity index (χ4n) is 1.17. The molecule has 0 atom stereocenters. The molecule has 1 heterocycles. The summed E-state index contributed by atoms with van der Waals surface area (Å²) in [4.78, 5) is 28.5. The SMILES string of the molecule is O=C(CNc1ncc([N+](=O)[O-])cn1)NC1CC1. The normalized spacial score (nSPS) is 14.1. The summed E-state index contributed by atoms with van der Waals surface area (Å²) in [5.41, 5.74) is -0.182. The van der Waals surface area contributed by atoms with Gasteiger partial charge in [-0.3, -0.25) is 14.9 Å². The fraction of sp³-hybridized carbons (Fsp3) is 0.444. The maximum Gasteiger partial charge on any atom is 0.305 e. The highest BCUT2D eigenvalue weighted by Gasteiger charge is 2.22. The van der Waals surface area contributed by atoms with Crippen LogP contribution in [0.25, 0.3) is 0 Å². The van der Waals surface area contributed by atoms with Crippen molar-refractivity contribution in [1.82, 2.24) is 15.3 Å². The highest BCUT2D eigenvalue weighted by molar-refractivity contribution is 5.80. The van der Waals surface area contributed by atoms with Crippen LogP contribution in [-0.2, 0) is 4.79 Å². The van der Waals surface area contributed by atoms with E-state index in [-0.39, 0.29) is 24.1 Å². The van der Waals surface area contributed by atoms with Gasteiger partial charge in [-0.25, -0.2) is 9.97 Å². The number of aromatic nitrogens is 2. The van der Waals surface area contributed by atoms with Crippen LogP contribution in [0.15, 0.2) is 12.4 Å². The van der Waals surface area contributed by atoms with E-state index in [2.05, 4.69) is 20.6 Å². The zero-order chi connectivity index (χ0) is 12.3. The molecule has 8 heteroatoms. The minimum absolute atomic E-state index is 0.0638. The fourth-order valence-corrected chi connectivity index (χ4v) is 1.17. The van der Waals surface area contributed by atoms with Crippen molar-refractivity contribution in [2.75, 3.05) is 11.9 Å². The van der Waals surface area contributed by atoms with Gasteiger partial charge in [-0.15, -0.1) is 0 Å². The molecule has 1 aromatic rings. The highest BCUT2D eigenvalue weighted by atomic mass is 16.6. The molecule has 1 saturated carbocycles. The quantitative estimate of drug-likeness (QED) is 0.554. The van der Waals surface area contributed by atoms with E-state index in [0.29, 0.717) is 6.04 Å². The van der Waals surface area contributed by atoms with E-state index < -0.39 is 4.92 Å². The summed E-state index contributed by atoms with van der Waals surface area (Å²) in [6.45, 7) is 0.0638. The number of anilines is 1. The first-order valence-corrected chi connectivity index (χ1v) is 5.15. The smallest absolute Gasteiger partial charge is 0.305 e. The van der Waals surface area contributed by atoms with Crippen LogP contribution in [0.5, 0.6) is 0 Å². The van der Waals surface area contributed by atoms with Crippen LogP contribution in [-0.4, -0.2) is 33.4 Å². The Hall–Kier alpha value is -2.25. The number of nitrogens with one attached hydrogen (secondary N) is 2. The van der Waals surface area contributed by atoms with Gasteiger partial charge in [0.05, 0.1) is 11.5 Å². The van der Waals surface area contributed by atoms with Gasteiger partial charge < -0.3 is 10.6 Å². The second-order valence-electron chi connectivity index (χ2n) is 3.72. The second kappa shape index (κ2) is 4.73. The molecular formula is C9H11N5O3. The maximum atomic E-state index is 11.3. The van der Waals surface area contributed by atoms with Gasteiger partial charge in [-0.05, 0) is 12.8 Å². The topological polar surface area (TPSA) is 110 Å². The van der Waals surface area contributed by atoms with Crippen LogP contribution in [0.2, 0.25) is 0 Å². The predicted octanol–water partition coefficient (Wildman–Crippen LogP) is 0.0753. The largest absolute Gasteiger partial charge is 0.352 e. The number of amides is 1. The van der Waals surface area contributed by atoms with Crippen LogP contribution in [0.4, 0.5) is 11.6 Å². The molecule has 1 amide bonds. The molecule has 17 heavy (non-hydrogen) atoms. The lowest BCUT2D eigenvalue weighted by atomic mass is 10.5. The molecule has 0 spiro atoms. The van der Waals surface area contributed by atoms with Gasteiger partial charge >= 0.3 is 5.69 Å². The molecule has 2 N–H and O–H groups in total. The summed E-state index contributed by atoms with van der Waals surface area (Å²) >= 11 is 0. The van der Waals surface area contributed by atoms with Crippen LogP contribution >= 0.6 is 0 Å². The third-order valence-corrected chi connectivity index (χ3v) is 2.20. The number of rotatable bonds is 5. The Morgan fingerprint density at radius 2 is 2.12 bits per heavy atom. The third-order valence-electron chi connectivity index (χ3n) is 2.20. The van der Waals surface area contributed by atoms with Crippen LogP contribution < -0.4 is 10.6 Å². The van der Waals surface area contributed by atoms with Crippen LogP contribution in [0.3, 0.4) is 0 Å². The zero-order valence-electron chi connectivity index (χ0n) is 8.92. The van der Waals surface area contributed by atoms with Gasteiger partial charge in [0.1, 0.15) is 12.4 Å². The number of carbonyl (C=O) groups is 1. The molecule has 1 aliphatic carbocycles. The second-order valence-corrected chi connectivity index (χ2v) is 3.72. The van der Waals surface area contributed by atoms with Gasteiger partial charge in [0.2, 0.25) is 11.9 Å². The Balaban J connectivity index is 1.81. The minimum atomic E-state index is -0.580. The van der Waals surface area contributed by atoms with Crippen molar-refractivity contribution >= 4 is 17.5 Å². The number of nitrogens with zero attached hydrogens (tertiary/aromatic N) is 3. The molecule has 0 aromatic carbocycles. The third kappa shape index (κ3) is 3.37. The van der Waals surface area contributed by atoms with Crippen molar-refractivity contribution < 1.29 is 9.72 Å². The number of carbonyl (C=O) groups excluding carboxylic acids is 1. The molecule has 0 bridgehead atoms. The number of nitro groups is 1. The lowest BCUT2D eigenvalue weighted by molar-refractivity contribution is -0.385. The van der Waals surface area contributed by atoms with Gasteiger partial charge in [-0.2, -0.15) is 0 Å². The van der Waals surface area contributed by atoms with E-state index in [0.717, 1.165) is 25.2 Å². The minimum Gasteiger partial charge on any atom is -0.352 e. The van der Waals surface area contributed by atoms with Crippen LogP contribution in [0.1, 0.15) is 12.8 Å². The first kappa shape index (κ1) is 11.2. The van der Waals surface area contributed by atoms with E-state index in [1.165, 1.54) is 0 Å². The molecule has 0 aliphatic heterocycles. The van der Waals surface area contributed by atoms with Crippen LogP contribution in [0, 0.1) is 10.1 Å². The number of hydrogen-bond acceptors (Lipinski definition) is 6. The lowest BCUT2D eigenvalue weighted by Crippen LogP contribution is -2.31. The van der Waals surface area contributed by atoms with Gasteiger partial charge in [0.15, 0.2) is 0 Å². The molecule has 8 nitrogen and oxygen atoms in total. The molecule has 1 aliphatic rings. The molecular weight excluding hydrogens is 226 g/mol. The Morgan fingerprint density at radius 1 is 1.47 bits per heavy atom. The van der Waals surface area contributed by atoms with E-state index in [1.54, 1.807) is 0 Å². The van der Waals surface area contributed by atoms with Crippen molar-refractivity contribution in [3.8, 4) is 0 Å². The van der Waals surface area contributed by atoms with Crippen molar-refractivity contribution in [3.63, 3.8) is 0 Å². The predicted molar refractivity (Wildman–Crippen MR) is 58.3 cm³/mol. The summed E-state index contributed by atoms with van der Waals surface area (Å²) in [5.74, 6) is 0.0657. The summed E-state index contributed by atoms with van der Waals surface area (Å²) in [6.07, 6.45) is 4.24. The van der Waals surface area contributed by atoms with E-state index >= 15 is 0 Å². The van der Waals surface area contributed by atoms with Crippen molar-refractivity contribution in [3.05, 3.63) is 22.5 Å². The summed E-state index contributed by atoms with van der Waals surface area (Å²) < 4.78 is 0. The summed E-state index contributed by atoms with van der Waals surface area (Å²) in [5, 5.41) is 15.8. The Morgan fingerprint density at radius 3 is 2.65 bits per heavy atom. The van der Waals surface area contributed by atoms with Gasteiger partial charge in [-0.1, -0.05) is 0 Å². The summed E-state index contributed by atoms with van der Waals surface area (Å²) in [7, 11) is 0. The van der Waals surface area contributed by atoms with E-state index in [9.17, 15) is 14.9 Å². The summed E-state index contributed by atoms with van der Waals surface area (Å²) in [6, 6.07) is 0.307. The van der Waals surface area contributed by atoms with E-state index in [1.807, 2.05) is 0 Å². The van der Waals surface area contributed by atoms with Crippen molar-refractivity contribution in [2.45, 2.75) is 18.9 Å². The highest BCUT2D eigenvalue weighted by Crippen LogP contribution is 2.18. The Kier molecular flexibility index (Phi) is 3.12. The maximum absolute atomic E-state index is 11.3. The van der Waals surface area contributed by atoms with Crippen molar-refractivity contribution in [2.24, 2.45) is 0 Å². The van der Waals surface area contributed by atoms with Gasteiger partial charge in [0.25, 0.3) is 0 Å². The first-order chi connectivity index (χ1) is 8.15. The Bertz CT molecular complexity index is 429. The average molecular weight is 237 g/mol. The molecule has 1 aromatic heterocycles. The van der Waals surface area contributed by atoms with E-state index in [4.69, 9.17) is 0 Å². The molecule has 0 radical (unpaired) electrons. The lowest BCUT2D eigenvalue weighted by Gasteiger charge is -2.04. The molecule has 0 unspecified atom stereocenters. The van der Waals surface area contributed by atoms with Crippen molar-refractivity contribution in [1.29, 1.82) is 0 Å². The molecule has 90 valence electrons. The number of hydrogen-bond donors (Lipinski definition) is 2. The first-order valence-electron chi connectivity index (χ1n) is 5.15. The Labute approximate surface area is 96.6 Å². The standard InChI is InChI=1S/C9H11N5O3/c15-8(13-6-1-2-6)5-12-9-10-3-7(4-11-9)14(16)17/h3-4,6H,1-2,5H2,(H,13,15)(H,10,11,12). The monoisotopic (exact) mass is 237 g/mol. The molecule has 2 rings (SSSR count). The molecule has 1 fully saturated rings. The molecule has 0 saturated heterocycles.